The van der Waals surface area contributed by atoms with Crippen LogP contribution in [0, 0.1) is 17.1 Å². The molecule has 35 heavy (non-hydrogen) atoms. The van der Waals surface area contributed by atoms with Crippen LogP contribution in [0.15, 0.2) is 42.5 Å². The van der Waals surface area contributed by atoms with Crippen molar-refractivity contribution in [1.29, 1.82) is 5.26 Å². The number of amides is 2. The number of hydrogen-bond acceptors (Lipinski definition) is 6. The second kappa shape index (κ2) is 10.7. The van der Waals surface area contributed by atoms with Crippen LogP contribution in [0.2, 0.25) is 0 Å². The number of rotatable bonds is 8. The van der Waals surface area contributed by atoms with Crippen LogP contribution >= 0.6 is 11.3 Å². The van der Waals surface area contributed by atoms with Crippen molar-refractivity contribution >= 4 is 28.2 Å². The molecule has 1 aromatic heterocycles. The number of nitrogens with one attached hydrogen (secondary N) is 1. The summed E-state index contributed by atoms with van der Waals surface area (Å²) in [5.41, 5.74) is 8.58. The van der Waals surface area contributed by atoms with Gasteiger partial charge >= 0.3 is 0 Å². The van der Waals surface area contributed by atoms with Gasteiger partial charge < -0.3 is 15.8 Å². The first kappa shape index (κ1) is 24.4. The van der Waals surface area contributed by atoms with Gasteiger partial charge in [0.2, 0.25) is 5.91 Å². The summed E-state index contributed by atoms with van der Waals surface area (Å²) in [5, 5.41) is 13.3. The van der Waals surface area contributed by atoms with E-state index in [2.05, 4.69) is 16.3 Å². The lowest BCUT2D eigenvalue weighted by Gasteiger charge is -2.27. The van der Waals surface area contributed by atoms with E-state index in [4.69, 9.17) is 10.5 Å². The standard InChI is InChI=1S/C26H25FN4O3S/c1-2-34-22-11-16(6-7-19(22)25(29)33)12-24(32)30-26-20(13-28)21-15-31(9-8-23(21)35-26)14-17-4-3-5-18(27)10-17/h3-7,10-11H,2,8-9,12,14-15H2,1H3,(H2,29,33)(H,30,32). The first-order valence-electron chi connectivity index (χ1n) is 11.2. The molecular weight excluding hydrogens is 467 g/mol. The van der Waals surface area contributed by atoms with E-state index in [1.165, 1.54) is 23.5 Å². The molecule has 0 radical (unpaired) electrons. The first-order chi connectivity index (χ1) is 16.9. The lowest BCUT2D eigenvalue weighted by atomic mass is 10.0. The van der Waals surface area contributed by atoms with Crippen LogP contribution < -0.4 is 15.8 Å². The van der Waals surface area contributed by atoms with E-state index in [0.29, 0.717) is 41.6 Å². The molecule has 0 unspecified atom stereocenters. The number of ether oxygens (including phenoxy) is 1. The van der Waals surface area contributed by atoms with Crippen molar-refractivity contribution in [3.05, 3.63) is 81.0 Å². The number of carbonyl (C=O) groups is 2. The number of nitrogens with zero attached hydrogens (tertiary/aromatic N) is 2. The summed E-state index contributed by atoms with van der Waals surface area (Å²) in [5.74, 6) is -0.797. The fraction of sp³-hybridized carbons (Fsp3) is 0.269. The Morgan fingerprint density at radius 2 is 2.09 bits per heavy atom. The van der Waals surface area contributed by atoms with Crippen LogP contribution in [0.4, 0.5) is 9.39 Å². The molecule has 9 heteroatoms. The molecule has 1 aliphatic rings. The summed E-state index contributed by atoms with van der Waals surface area (Å²) in [7, 11) is 0. The average molecular weight is 493 g/mol. The Bertz CT molecular complexity index is 1310. The van der Waals surface area contributed by atoms with Gasteiger partial charge in [-0.15, -0.1) is 11.3 Å². The zero-order chi connectivity index (χ0) is 24.9. The molecule has 7 nitrogen and oxygen atoms in total. The average Bonchev–Trinajstić information content (AvgIpc) is 3.15. The number of halogens is 1. The molecule has 3 aromatic rings. The number of benzene rings is 2. The summed E-state index contributed by atoms with van der Waals surface area (Å²) in [6, 6.07) is 13.6. The minimum Gasteiger partial charge on any atom is -0.493 e. The number of thiophene rings is 1. The summed E-state index contributed by atoms with van der Waals surface area (Å²) in [6.07, 6.45) is 0.810. The quantitative estimate of drug-likeness (QED) is 0.494. The molecule has 0 aliphatic carbocycles. The number of anilines is 1. The zero-order valence-corrected chi connectivity index (χ0v) is 20.1. The van der Waals surface area contributed by atoms with E-state index < -0.39 is 5.91 Å². The predicted octanol–water partition coefficient (Wildman–Crippen LogP) is 4.00. The molecular formula is C26H25FN4O3S. The van der Waals surface area contributed by atoms with Crippen LogP contribution in [0.25, 0.3) is 0 Å². The molecule has 4 rings (SSSR count). The fourth-order valence-corrected chi connectivity index (χ4v) is 5.36. The molecule has 0 bridgehead atoms. The van der Waals surface area contributed by atoms with Crippen molar-refractivity contribution in [3.8, 4) is 11.8 Å². The second-order valence-electron chi connectivity index (χ2n) is 8.26. The molecule has 0 fully saturated rings. The number of nitrogens with two attached hydrogens (primary N) is 1. The van der Waals surface area contributed by atoms with Gasteiger partial charge in [0.15, 0.2) is 0 Å². The highest BCUT2D eigenvalue weighted by atomic mass is 32.1. The third kappa shape index (κ3) is 5.67. The largest absolute Gasteiger partial charge is 0.493 e. The lowest BCUT2D eigenvalue weighted by molar-refractivity contribution is -0.115. The van der Waals surface area contributed by atoms with E-state index in [1.807, 2.05) is 6.07 Å². The Kier molecular flexibility index (Phi) is 7.44. The number of fused-ring (bicyclic) bond motifs is 1. The summed E-state index contributed by atoms with van der Waals surface area (Å²) >= 11 is 1.43. The van der Waals surface area contributed by atoms with Crippen LogP contribution in [0.3, 0.4) is 0 Å². The Balaban J connectivity index is 1.47. The molecule has 1 aliphatic heterocycles. The van der Waals surface area contributed by atoms with Crippen molar-refractivity contribution in [2.45, 2.75) is 32.9 Å². The van der Waals surface area contributed by atoms with Gasteiger partial charge in [-0.2, -0.15) is 5.26 Å². The molecule has 0 saturated heterocycles. The molecule has 2 aromatic carbocycles. The van der Waals surface area contributed by atoms with Crippen molar-refractivity contribution in [1.82, 2.24) is 4.90 Å². The Hall–Kier alpha value is -3.74. The van der Waals surface area contributed by atoms with Crippen molar-refractivity contribution in [2.24, 2.45) is 5.73 Å². The smallest absolute Gasteiger partial charge is 0.252 e. The van der Waals surface area contributed by atoms with E-state index in [0.717, 1.165) is 29.0 Å². The van der Waals surface area contributed by atoms with Crippen LogP contribution in [0.1, 0.15) is 44.4 Å². The highest BCUT2D eigenvalue weighted by Gasteiger charge is 2.25. The van der Waals surface area contributed by atoms with Crippen LogP contribution in [0.5, 0.6) is 5.75 Å². The number of hydrogen-bond donors (Lipinski definition) is 2. The van der Waals surface area contributed by atoms with E-state index in [9.17, 15) is 19.2 Å². The molecule has 2 heterocycles. The Morgan fingerprint density at radius 3 is 2.80 bits per heavy atom. The van der Waals surface area contributed by atoms with Gasteiger partial charge in [-0.25, -0.2) is 4.39 Å². The minimum atomic E-state index is -0.598. The van der Waals surface area contributed by atoms with E-state index in [-0.39, 0.29) is 23.7 Å². The third-order valence-corrected chi connectivity index (χ3v) is 6.97. The fourth-order valence-electron chi connectivity index (χ4n) is 4.19. The van der Waals surface area contributed by atoms with Gasteiger partial charge in [0, 0.05) is 30.1 Å². The molecule has 0 spiro atoms. The van der Waals surface area contributed by atoms with Crippen molar-refractivity contribution in [3.63, 3.8) is 0 Å². The van der Waals surface area contributed by atoms with Crippen LogP contribution in [-0.4, -0.2) is 29.9 Å². The third-order valence-electron chi connectivity index (χ3n) is 5.76. The summed E-state index contributed by atoms with van der Waals surface area (Å²) in [6.45, 7) is 4.09. The van der Waals surface area contributed by atoms with Crippen LogP contribution in [-0.2, 0) is 30.7 Å². The van der Waals surface area contributed by atoms with Gasteiger partial charge in [0.25, 0.3) is 5.91 Å². The van der Waals surface area contributed by atoms with Gasteiger partial charge in [-0.05, 0) is 48.7 Å². The number of nitriles is 1. The molecule has 3 N–H and O–H groups in total. The Morgan fingerprint density at radius 1 is 1.26 bits per heavy atom. The van der Waals surface area contributed by atoms with Crippen molar-refractivity contribution in [2.75, 3.05) is 18.5 Å². The lowest BCUT2D eigenvalue weighted by Crippen LogP contribution is -2.29. The SMILES string of the molecule is CCOc1cc(CC(=O)Nc2sc3c(c2C#N)CN(Cc2cccc(F)c2)CC3)ccc1C(N)=O. The summed E-state index contributed by atoms with van der Waals surface area (Å²) < 4.78 is 19.0. The monoisotopic (exact) mass is 492 g/mol. The molecule has 2 amide bonds. The predicted molar refractivity (Wildman–Crippen MR) is 132 cm³/mol. The summed E-state index contributed by atoms with van der Waals surface area (Å²) in [4.78, 5) is 27.6. The highest BCUT2D eigenvalue weighted by molar-refractivity contribution is 7.16. The van der Waals surface area contributed by atoms with E-state index in [1.54, 1.807) is 31.2 Å². The topological polar surface area (TPSA) is 108 Å². The van der Waals surface area contributed by atoms with Gasteiger partial charge in [0.05, 0.1) is 24.2 Å². The van der Waals surface area contributed by atoms with Crippen molar-refractivity contribution < 1.29 is 18.7 Å². The molecule has 180 valence electrons. The van der Waals surface area contributed by atoms with Gasteiger partial charge in [-0.3, -0.25) is 14.5 Å². The molecule has 0 atom stereocenters. The first-order valence-corrected chi connectivity index (χ1v) is 12.1. The maximum atomic E-state index is 13.5. The van der Waals surface area contributed by atoms with Gasteiger partial charge in [0.1, 0.15) is 22.6 Å². The van der Waals surface area contributed by atoms with Gasteiger partial charge in [-0.1, -0.05) is 18.2 Å². The zero-order valence-electron chi connectivity index (χ0n) is 19.3. The highest BCUT2D eigenvalue weighted by Crippen LogP contribution is 2.37. The second-order valence-corrected chi connectivity index (χ2v) is 9.37. The maximum Gasteiger partial charge on any atom is 0.252 e. The van der Waals surface area contributed by atoms with E-state index >= 15 is 0 Å². The molecule has 0 saturated carbocycles. The minimum absolute atomic E-state index is 0.0538. The Labute approximate surface area is 206 Å². The number of carbonyl (C=O) groups excluding carboxylic acids is 2. The normalized spacial score (nSPS) is 13.1. The maximum absolute atomic E-state index is 13.5. The number of primary amides is 1.